The van der Waals surface area contributed by atoms with E-state index < -0.39 is 5.66 Å². The van der Waals surface area contributed by atoms with Crippen molar-refractivity contribution in [3.63, 3.8) is 0 Å². The number of hydrogen-bond donors (Lipinski definition) is 3. The van der Waals surface area contributed by atoms with Crippen LogP contribution in [0.1, 0.15) is 6.42 Å². The summed E-state index contributed by atoms with van der Waals surface area (Å²) in [5.41, 5.74) is 11.9. The maximum absolute atomic E-state index is 11.9. The number of benzene rings is 1. The van der Waals surface area contributed by atoms with Crippen molar-refractivity contribution in [3.05, 3.63) is 54.1 Å². The minimum Gasteiger partial charge on any atom is -0.322 e. The highest BCUT2D eigenvalue weighted by atomic mass is 16.1. The molecular formula is C13H15N3O. The van der Waals surface area contributed by atoms with Gasteiger partial charge in [0, 0.05) is 17.7 Å². The summed E-state index contributed by atoms with van der Waals surface area (Å²) in [5, 5.41) is 2.80. The van der Waals surface area contributed by atoms with Crippen LogP contribution in [-0.2, 0) is 4.79 Å². The molecule has 0 aromatic heterocycles. The predicted molar refractivity (Wildman–Crippen MR) is 68.0 cm³/mol. The molecule has 1 amide bonds. The second-order valence-corrected chi connectivity index (χ2v) is 4.16. The summed E-state index contributed by atoms with van der Waals surface area (Å²) in [6.07, 6.45) is 5.47. The fourth-order valence-electron chi connectivity index (χ4n) is 1.68. The van der Waals surface area contributed by atoms with E-state index in [2.05, 4.69) is 5.32 Å². The Labute approximate surface area is 100.0 Å². The second-order valence-electron chi connectivity index (χ2n) is 4.16. The summed E-state index contributed by atoms with van der Waals surface area (Å²) in [7, 11) is 0. The molecule has 0 bridgehead atoms. The third-order valence-corrected chi connectivity index (χ3v) is 2.52. The second kappa shape index (κ2) is 4.53. The van der Waals surface area contributed by atoms with E-state index in [1.165, 1.54) is 0 Å². The average Bonchev–Trinajstić information content (AvgIpc) is 2.29. The molecular weight excluding hydrogens is 214 g/mol. The first-order chi connectivity index (χ1) is 8.07. The lowest BCUT2D eigenvalue weighted by molar-refractivity contribution is -0.113. The van der Waals surface area contributed by atoms with Crippen molar-refractivity contribution >= 4 is 11.6 Å². The van der Waals surface area contributed by atoms with Gasteiger partial charge < -0.3 is 16.8 Å². The molecule has 88 valence electrons. The summed E-state index contributed by atoms with van der Waals surface area (Å²) in [6.45, 7) is 0. The SMILES string of the molecule is NC1(N)C=CC=C(C(=O)Nc2ccccc2)C1. The van der Waals surface area contributed by atoms with Crippen LogP contribution < -0.4 is 16.8 Å². The Bertz CT molecular complexity index is 475. The van der Waals surface area contributed by atoms with E-state index in [1.54, 1.807) is 18.2 Å². The zero-order chi connectivity index (χ0) is 12.3. The summed E-state index contributed by atoms with van der Waals surface area (Å²) in [4.78, 5) is 11.9. The molecule has 0 spiro atoms. The van der Waals surface area contributed by atoms with Crippen LogP contribution in [0.25, 0.3) is 0 Å². The third-order valence-electron chi connectivity index (χ3n) is 2.52. The van der Waals surface area contributed by atoms with Gasteiger partial charge in [-0.1, -0.05) is 36.4 Å². The van der Waals surface area contributed by atoms with Gasteiger partial charge in [0.1, 0.15) is 0 Å². The Morgan fingerprint density at radius 1 is 1.24 bits per heavy atom. The standard InChI is InChI=1S/C13H15N3O/c14-13(15)8-4-5-10(9-13)12(17)16-11-6-2-1-3-7-11/h1-8H,9,14-15H2,(H,16,17). The van der Waals surface area contributed by atoms with Gasteiger partial charge in [-0.25, -0.2) is 0 Å². The molecule has 17 heavy (non-hydrogen) atoms. The van der Waals surface area contributed by atoms with E-state index in [-0.39, 0.29) is 5.91 Å². The molecule has 0 saturated heterocycles. The Morgan fingerprint density at radius 2 is 1.94 bits per heavy atom. The number of hydrogen-bond acceptors (Lipinski definition) is 3. The van der Waals surface area contributed by atoms with Crippen LogP contribution in [-0.4, -0.2) is 11.6 Å². The number of para-hydroxylation sites is 1. The highest BCUT2D eigenvalue weighted by Crippen LogP contribution is 2.18. The summed E-state index contributed by atoms with van der Waals surface area (Å²) >= 11 is 0. The van der Waals surface area contributed by atoms with E-state index in [9.17, 15) is 4.79 Å². The van der Waals surface area contributed by atoms with Gasteiger partial charge in [-0.15, -0.1) is 0 Å². The van der Waals surface area contributed by atoms with Crippen molar-refractivity contribution in [2.24, 2.45) is 11.5 Å². The molecule has 0 fully saturated rings. The van der Waals surface area contributed by atoms with Crippen molar-refractivity contribution in [1.29, 1.82) is 0 Å². The quantitative estimate of drug-likeness (QED) is 0.665. The number of amides is 1. The van der Waals surface area contributed by atoms with E-state index >= 15 is 0 Å². The van der Waals surface area contributed by atoms with Gasteiger partial charge in [0.05, 0.1) is 5.66 Å². The topological polar surface area (TPSA) is 81.1 Å². The Morgan fingerprint density at radius 3 is 2.59 bits per heavy atom. The first-order valence-electron chi connectivity index (χ1n) is 5.39. The first kappa shape index (κ1) is 11.6. The number of rotatable bonds is 2. The molecule has 2 rings (SSSR count). The van der Waals surface area contributed by atoms with Crippen LogP contribution in [0.5, 0.6) is 0 Å². The summed E-state index contributed by atoms with van der Waals surface area (Å²) < 4.78 is 0. The molecule has 0 unspecified atom stereocenters. The molecule has 0 atom stereocenters. The average molecular weight is 229 g/mol. The fourth-order valence-corrected chi connectivity index (χ4v) is 1.68. The molecule has 1 aliphatic carbocycles. The van der Waals surface area contributed by atoms with E-state index in [0.717, 1.165) is 5.69 Å². The first-order valence-corrected chi connectivity index (χ1v) is 5.39. The lowest BCUT2D eigenvalue weighted by Gasteiger charge is -2.24. The van der Waals surface area contributed by atoms with Crippen LogP contribution in [0.3, 0.4) is 0 Å². The van der Waals surface area contributed by atoms with Crippen LogP contribution in [0.15, 0.2) is 54.1 Å². The summed E-state index contributed by atoms with van der Waals surface area (Å²) in [5.74, 6) is -0.166. The number of allylic oxidation sites excluding steroid dienone is 2. The molecule has 1 aliphatic rings. The third kappa shape index (κ3) is 3.03. The van der Waals surface area contributed by atoms with E-state index in [1.807, 2.05) is 30.3 Å². The van der Waals surface area contributed by atoms with Crippen LogP contribution in [0, 0.1) is 0 Å². The largest absolute Gasteiger partial charge is 0.322 e. The minimum atomic E-state index is -0.932. The van der Waals surface area contributed by atoms with Crippen molar-refractivity contribution in [1.82, 2.24) is 0 Å². The highest BCUT2D eigenvalue weighted by molar-refractivity contribution is 6.04. The monoisotopic (exact) mass is 229 g/mol. The van der Waals surface area contributed by atoms with E-state index in [0.29, 0.717) is 12.0 Å². The number of nitrogens with one attached hydrogen (secondary N) is 1. The fraction of sp³-hybridized carbons (Fsp3) is 0.154. The molecule has 1 aromatic carbocycles. The van der Waals surface area contributed by atoms with Crippen molar-refractivity contribution in [2.75, 3.05) is 5.32 Å². The number of anilines is 1. The molecule has 4 nitrogen and oxygen atoms in total. The molecule has 1 aromatic rings. The lowest BCUT2D eigenvalue weighted by atomic mass is 9.95. The van der Waals surface area contributed by atoms with Gasteiger partial charge in [0.25, 0.3) is 5.91 Å². The van der Waals surface area contributed by atoms with E-state index in [4.69, 9.17) is 11.5 Å². The predicted octanol–water partition coefficient (Wildman–Crippen LogP) is 1.13. The number of nitrogens with two attached hydrogens (primary N) is 2. The molecule has 0 radical (unpaired) electrons. The normalized spacial score (nSPS) is 17.4. The molecule has 0 saturated carbocycles. The van der Waals surface area contributed by atoms with Crippen LogP contribution in [0.2, 0.25) is 0 Å². The van der Waals surface area contributed by atoms with Gasteiger partial charge in [-0.2, -0.15) is 0 Å². The Hall–Kier alpha value is -1.91. The van der Waals surface area contributed by atoms with Crippen molar-refractivity contribution in [3.8, 4) is 0 Å². The van der Waals surface area contributed by atoms with Gasteiger partial charge in [-0.3, -0.25) is 4.79 Å². The zero-order valence-corrected chi connectivity index (χ0v) is 9.39. The van der Waals surface area contributed by atoms with Crippen molar-refractivity contribution < 1.29 is 4.79 Å². The molecule has 5 N–H and O–H groups in total. The Balaban J connectivity index is 2.07. The number of carbonyl (C=O) groups excluding carboxylic acids is 1. The maximum atomic E-state index is 11.9. The van der Waals surface area contributed by atoms with Crippen LogP contribution in [0.4, 0.5) is 5.69 Å². The van der Waals surface area contributed by atoms with Gasteiger partial charge in [0.2, 0.25) is 0 Å². The van der Waals surface area contributed by atoms with Gasteiger partial charge >= 0.3 is 0 Å². The Kier molecular flexibility index (Phi) is 3.08. The van der Waals surface area contributed by atoms with Crippen LogP contribution >= 0.6 is 0 Å². The van der Waals surface area contributed by atoms with Gasteiger partial charge in [-0.05, 0) is 12.1 Å². The van der Waals surface area contributed by atoms with Gasteiger partial charge in [0.15, 0.2) is 0 Å². The lowest BCUT2D eigenvalue weighted by Crippen LogP contribution is -2.49. The minimum absolute atomic E-state index is 0.166. The van der Waals surface area contributed by atoms with Crippen molar-refractivity contribution in [2.45, 2.75) is 12.1 Å². The highest BCUT2D eigenvalue weighted by Gasteiger charge is 2.23. The number of carbonyl (C=O) groups is 1. The molecule has 0 heterocycles. The molecule has 4 heteroatoms. The summed E-state index contributed by atoms with van der Waals surface area (Å²) in [6, 6.07) is 9.27. The molecule has 0 aliphatic heterocycles. The zero-order valence-electron chi connectivity index (χ0n) is 9.39. The smallest absolute Gasteiger partial charge is 0.251 e. The maximum Gasteiger partial charge on any atom is 0.251 e.